The highest BCUT2D eigenvalue weighted by Gasteiger charge is 2.14. The van der Waals surface area contributed by atoms with Gasteiger partial charge < -0.3 is 15.8 Å². The second-order valence-corrected chi connectivity index (χ2v) is 4.40. The van der Waals surface area contributed by atoms with Crippen molar-refractivity contribution in [3.8, 4) is 0 Å². The van der Waals surface area contributed by atoms with Crippen LogP contribution in [0.15, 0.2) is 6.20 Å². The fourth-order valence-electron chi connectivity index (χ4n) is 1.91. The van der Waals surface area contributed by atoms with E-state index in [1.165, 1.54) is 11.1 Å². The molecule has 0 bridgehead atoms. The van der Waals surface area contributed by atoms with Gasteiger partial charge in [-0.05, 0) is 19.3 Å². The van der Waals surface area contributed by atoms with Crippen molar-refractivity contribution in [1.29, 1.82) is 0 Å². The van der Waals surface area contributed by atoms with Crippen LogP contribution in [0.1, 0.15) is 25.0 Å². The monoisotopic (exact) mass is 253 g/mol. The molecule has 1 atom stereocenters. The van der Waals surface area contributed by atoms with Crippen molar-refractivity contribution in [2.24, 2.45) is 5.73 Å². The summed E-state index contributed by atoms with van der Waals surface area (Å²) in [5, 5.41) is 10.5. The van der Waals surface area contributed by atoms with Crippen molar-refractivity contribution in [3.05, 3.63) is 11.9 Å². The van der Waals surface area contributed by atoms with Crippen molar-refractivity contribution in [2.45, 2.75) is 38.5 Å². The zero-order valence-electron chi connectivity index (χ0n) is 10.3. The molecule has 7 heteroatoms. The topological polar surface area (TPSA) is 95.1 Å². The molecule has 1 amide bonds. The highest BCUT2D eigenvalue weighted by atomic mass is 16.5. The SMILES string of the molecule is NCc1cn(CC(=O)NCC2CCCCO2)nn1. The number of nitrogens with two attached hydrogens (primary N) is 1. The van der Waals surface area contributed by atoms with Crippen LogP contribution in [0.25, 0.3) is 0 Å². The molecule has 0 aromatic carbocycles. The Labute approximate surface area is 106 Å². The van der Waals surface area contributed by atoms with Crippen LogP contribution in [0.3, 0.4) is 0 Å². The zero-order chi connectivity index (χ0) is 12.8. The summed E-state index contributed by atoms with van der Waals surface area (Å²) in [5.74, 6) is -0.0855. The Morgan fingerprint density at radius 1 is 1.61 bits per heavy atom. The van der Waals surface area contributed by atoms with Crippen molar-refractivity contribution < 1.29 is 9.53 Å². The Kier molecular flexibility index (Phi) is 4.66. The van der Waals surface area contributed by atoms with Crippen molar-refractivity contribution in [2.75, 3.05) is 13.2 Å². The van der Waals surface area contributed by atoms with Crippen molar-refractivity contribution in [1.82, 2.24) is 20.3 Å². The first-order chi connectivity index (χ1) is 8.78. The molecule has 2 rings (SSSR count). The van der Waals surface area contributed by atoms with Crippen LogP contribution in [0.4, 0.5) is 0 Å². The molecule has 1 aromatic heterocycles. The third-order valence-corrected chi connectivity index (χ3v) is 2.90. The molecular weight excluding hydrogens is 234 g/mol. The van der Waals surface area contributed by atoms with Gasteiger partial charge >= 0.3 is 0 Å². The summed E-state index contributed by atoms with van der Waals surface area (Å²) < 4.78 is 7.02. The molecule has 1 saturated heterocycles. The summed E-state index contributed by atoms with van der Waals surface area (Å²) in [6.07, 6.45) is 5.13. The summed E-state index contributed by atoms with van der Waals surface area (Å²) in [6, 6.07) is 0. The first kappa shape index (κ1) is 13.0. The van der Waals surface area contributed by atoms with Gasteiger partial charge in [0, 0.05) is 19.7 Å². The summed E-state index contributed by atoms with van der Waals surface area (Å²) in [6.45, 7) is 1.86. The molecule has 0 saturated carbocycles. The minimum absolute atomic E-state index is 0.0855. The normalized spacial score (nSPS) is 19.7. The van der Waals surface area contributed by atoms with E-state index in [0.717, 1.165) is 19.4 Å². The van der Waals surface area contributed by atoms with E-state index >= 15 is 0 Å². The average molecular weight is 253 g/mol. The van der Waals surface area contributed by atoms with E-state index in [0.29, 0.717) is 18.8 Å². The lowest BCUT2D eigenvalue weighted by molar-refractivity contribution is -0.122. The molecule has 1 fully saturated rings. The van der Waals surface area contributed by atoms with Crippen LogP contribution < -0.4 is 11.1 Å². The lowest BCUT2D eigenvalue weighted by Crippen LogP contribution is -2.37. The number of rotatable bonds is 5. The predicted molar refractivity (Wildman–Crippen MR) is 64.5 cm³/mol. The first-order valence-corrected chi connectivity index (χ1v) is 6.25. The molecule has 1 aliphatic heterocycles. The van der Waals surface area contributed by atoms with E-state index in [-0.39, 0.29) is 18.6 Å². The lowest BCUT2D eigenvalue weighted by atomic mass is 10.1. The molecule has 3 N–H and O–H groups in total. The van der Waals surface area contributed by atoms with Crippen LogP contribution >= 0.6 is 0 Å². The number of hydrogen-bond acceptors (Lipinski definition) is 5. The maximum absolute atomic E-state index is 11.7. The largest absolute Gasteiger partial charge is 0.376 e. The Hall–Kier alpha value is -1.47. The maximum Gasteiger partial charge on any atom is 0.241 e. The quantitative estimate of drug-likeness (QED) is 0.732. The van der Waals surface area contributed by atoms with Gasteiger partial charge in [0.05, 0.1) is 18.0 Å². The van der Waals surface area contributed by atoms with Crippen LogP contribution in [0.2, 0.25) is 0 Å². The number of hydrogen-bond donors (Lipinski definition) is 2. The summed E-state index contributed by atoms with van der Waals surface area (Å²) in [5.41, 5.74) is 6.10. The minimum Gasteiger partial charge on any atom is -0.376 e. The van der Waals surface area contributed by atoms with Gasteiger partial charge in [-0.3, -0.25) is 4.79 Å². The number of carbonyl (C=O) groups excluding carboxylic acids is 1. The summed E-state index contributed by atoms with van der Waals surface area (Å²) >= 11 is 0. The Bertz CT molecular complexity index is 387. The highest BCUT2D eigenvalue weighted by Crippen LogP contribution is 2.11. The van der Waals surface area contributed by atoms with Gasteiger partial charge in [0.2, 0.25) is 5.91 Å². The molecule has 1 aromatic rings. The zero-order valence-corrected chi connectivity index (χ0v) is 10.3. The fraction of sp³-hybridized carbons (Fsp3) is 0.727. The van der Waals surface area contributed by atoms with Gasteiger partial charge in [-0.15, -0.1) is 5.10 Å². The number of amides is 1. The minimum atomic E-state index is -0.0855. The molecule has 18 heavy (non-hydrogen) atoms. The Morgan fingerprint density at radius 3 is 3.17 bits per heavy atom. The number of nitrogens with zero attached hydrogens (tertiary/aromatic N) is 3. The molecule has 1 aliphatic rings. The second kappa shape index (κ2) is 6.46. The van der Waals surface area contributed by atoms with E-state index in [4.69, 9.17) is 10.5 Å². The second-order valence-electron chi connectivity index (χ2n) is 4.40. The highest BCUT2D eigenvalue weighted by molar-refractivity contribution is 5.75. The van der Waals surface area contributed by atoms with Crippen LogP contribution in [0.5, 0.6) is 0 Å². The van der Waals surface area contributed by atoms with Gasteiger partial charge in [0.15, 0.2) is 0 Å². The van der Waals surface area contributed by atoms with Crippen molar-refractivity contribution in [3.63, 3.8) is 0 Å². The van der Waals surface area contributed by atoms with Crippen molar-refractivity contribution >= 4 is 5.91 Å². The maximum atomic E-state index is 11.7. The van der Waals surface area contributed by atoms with Gasteiger partial charge in [0.25, 0.3) is 0 Å². The molecule has 7 nitrogen and oxygen atoms in total. The van der Waals surface area contributed by atoms with E-state index in [9.17, 15) is 4.79 Å². The van der Waals surface area contributed by atoms with Crippen LogP contribution in [0, 0.1) is 0 Å². The van der Waals surface area contributed by atoms with Crippen LogP contribution in [-0.4, -0.2) is 40.2 Å². The van der Waals surface area contributed by atoms with E-state index < -0.39 is 0 Å². The third kappa shape index (κ3) is 3.78. The van der Waals surface area contributed by atoms with Gasteiger partial charge in [0.1, 0.15) is 6.54 Å². The number of nitrogens with one attached hydrogen (secondary N) is 1. The molecule has 100 valence electrons. The van der Waals surface area contributed by atoms with Gasteiger partial charge in [-0.1, -0.05) is 5.21 Å². The molecular formula is C11H19N5O2. The lowest BCUT2D eigenvalue weighted by Gasteiger charge is -2.22. The van der Waals surface area contributed by atoms with E-state index in [2.05, 4.69) is 15.6 Å². The Balaban J connectivity index is 1.71. The number of carbonyl (C=O) groups is 1. The molecule has 0 aliphatic carbocycles. The van der Waals surface area contributed by atoms with E-state index in [1.807, 2.05) is 0 Å². The third-order valence-electron chi connectivity index (χ3n) is 2.90. The first-order valence-electron chi connectivity index (χ1n) is 6.25. The van der Waals surface area contributed by atoms with E-state index in [1.54, 1.807) is 6.20 Å². The van der Waals surface area contributed by atoms with Gasteiger partial charge in [-0.25, -0.2) is 4.68 Å². The standard InChI is InChI=1S/C11H19N5O2/c12-5-9-7-16(15-14-9)8-11(17)13-6-10-3-1-2-4-18-10/h7,10H,1-6,8,12H2,(H,13,17). The fourth-order valence-corrected chi connectivity index (χ4v) is 1.91. The van der Waals surface area contributed by atoms with Gasteiger partial charge in [-0.2, -0.15) is 0 Å². The predicted octanol–water partition coefficient (Wildman–Crippen LogP) is -0.578. The average Bonchev–Trinajstić information content (AvgIpc) is 2.85. The number of ether oxygens (including phenoxy) is 1. The number of aromatic nitrogens is 3. The summed E-state index contributed by atoms with van der Waals surface area (Å²) in [7, 11) is 0. The molecule has 1 unspecified atom stereocenters. The molecule has 0 radical (unpaired) electrons. The molecule has 2 heterocycles. The summed E-state index contributed by atoms with van der Waals surface area (Å²) in [4.78, 5) is 11.7. The molecule has 0 spiro atoms. The Morgan fingerprint density at radius 2 is 2.50 bits per heavy atom. The van der Waals surface area contributed by atoms with Crippen LogP contribution in [-0.2, 0) is 22.6 Å². The smallest absolute Gasteiger partial charge is 0.241 e.